The van der Waals surface area contributed by atoms with E-state index in [0.29, 0.717) is 18.8 Å². The molecular weight excluding hydrogens is 212 g/mol. The van der Waals surface area contributed by atoms with Crippen molar-refractivity contribution in [1.29, 1.82) is 0 Å². The quantitative estimate of drug-likeness (QED) is 0.831. The standard InChI is InChI=1S/C12H13F2NO/c13-8-1-2-10(14)9(5-8)11(6-16-7-11)12(15)3-4-12/h1-2,5H,3-4,6-7,15H2. The molecule has 2 fully saturated rings. The van der Waals surface area contributed by atoms with E-state index in [-0.39, 0.29) is 5.82 Å². The van der Waals surface area contributed by atoms with Crippen molar-refractivity contribution in [1.82, 2.24) is 0 Å². The second-order valence-electron chi connectivity index (χ2n) is 4.86. The third kappa shape index (κ3) is 1.17. The molecule has 2 aliphatic rings. The first-order valence-corrected chi connectivity index (χ1v) is 5.40. The second-order valence-corrected chi connectivity index (χ2v) is 4.86. The van der Waals surface area contributed by atoms with Crippen LogP contribution in [0, 0.1) is 11.6 Å². The van der Waals surface area contributed by atoms with E-state index >= 15 is 0 Å². The summed E-state index contributed by atoms with van der Waals surface area (Å²) in [6.07, 6.45) is 1.71. The highest BCUT2D eigenvalue weighted by Gasteiger charge is 2.62. The predicted molar refractivity (Wildman–Crippen MR) is 55.0 cm³/mol. The van der Waals surface area contributed by atoms with Gasteiger partial charge in [-0.25, -0.2) is 8.78 Å². The number of ether oxygens (including phenoxy) is 1. The SMILES string of the molecule is NC1(C2(c3cc(F)ccc3F)COC2)CC1. The van der Waals surface area contributed by atoms with Gasteiger partial charge in [-0.2, -0.15) is 0 Å². The van der Waals surface area contributed by atoms with E-state index in [1.165, 1.54) is 6.07 Å². The van der Waals surface area contributed by atoms with Gasteiger partial charge in [0.05, 0.1) is 18.6 Å². The molecule has 86 valence electrons. The molecule has 1 heterocycles. The van der Waals surface area contributed by atoms with Crippen molar-refractivity contribution in [3.05, 3.63) is 35.4 Å². The van der Waals surface area contributed by atoms with E-state index in [9.17, 15) is 8.78 Å². The highest BCUT2D eigenvalue weighted by Crippen LogP contribution is 2.53. The lowest BCUT2D eigenvalue weighted by Gasteiger charge is -2.47. The number of rotatable bonds is 2. The lowest BCUT2D eigenvalue weighted by atomic mass is 9.70. The zero-order valence-electron chi connectivity index (χ0n) is 8.80. The van der Waals surface area contributed by atoms with Gasteiger partial charge in [0.1, 0.15) is 11.6 Å². The zero-order chi connectivity index (χ0) is 11.4. The maximum Gasteiger partial charge on any atom is 0.127 e. The topological polar surface area (TPSA) is 35.2 Å². The highest BCUT2D eigenvalue weighted by molar-refractivity contribution is 5.38. The fraction of sp³-hybridized carbons (Fsp3) is 0.500. The van der Waals surface area contributed by atoms with Crippen LogP contribution in [0.3, 0.4) is 0 Å². The zero-order valence-corrected chi connectivity index (χ0v) is 8.80. The molecule has 1 aromatic carbocycles. The third-order valence-corrected chi connectivity index (χ3v) is 3.88. The minimum absolute atomic E-state index is 0.374. The van der Waals surface area contributed by atoms with Crippen LogP contribution in [0.2, 0.25) is 0 Å². The Morgan fingerprint density at radius 3 is 2.38 bits per heavy atom. The molecule has 2 nitrogen and oxygen atoms in total. The molecule has 4 heteroatoms. The van der Waals surface area contributed by atoms with Crippen LogP contribution in [0.25, 0.3) is 0 Å². The van der Waals surface area contributed by atoms with E-state index in [0.717, 1.165) is 25.0 Å². The molecule has 0 atom stereocenters. The van der Waals surface area contributed by atoms with Gasteiger partial charge < -0.3 is 10.5 Å². The molecule has 0 aromatic heterocycles. The van der Waals surface area contributed by atoms with Crippen LogP contribution >= 0.6 is 0 Å². The van der Waals surface area contributed by atoms with E-state index < -0.39 is 16.8 Å². The van der Waals surface area contributed by atoms with Crippen molar-refractivity contribution in [3.63, 3.8) is 0 Å². The molecule has 0 spiro atoms. The summed E-state index contributed by atoms with van der Waals surface area (Å²) in [6, 6.07) is 3.55. The van der Waals surface area contributed by atoms with Gasteiger partial charge >= 0.3 is 0 Å². The van der Waals surface area contributed by atoms with Gasteiger partial charge in [0.2, 0.25) is 0 Å². The summed E-state index contributed by atoms with van der Waals surface area (Å²) in [5.41, 5.74) is 5.62. The normalized spacial score (nSPS) is 24.9. The minimum Gasteiger partial charge on any atom is -0.379 e. The summed E-state index contributed by atoms with van der Waals surface area (Å²) < 4.78 is 32.1. The first kappa shape index (κ1) is 10.2. The molecule has 1 saturated heterocycles. The van der Waals surface area contributed by atoms with Crippen LogP contribution in [0.5, 0.6) is 0 Å². The van der Waals surface area contributed by atoms with E-state index in [1.54, 1.807) is 0 Å². The van der Waals surface area contributed by atoms with Gasteiger partial charge in [0, 0.05) is 11.1 Å². The predicted octanol–water partition coefficient (Wildman–Crippen LogP) is 1.72. The van der Waals surface area contributed by atoms with Crippen molar-refractivity contribution < 1.29 is 13.5 Å². The number of halogens is 2. The summed E-state index contributed by atoms with van der Waals surface area (Å²) in [7, 11) is 0. The maximum absolute atomic E-state index is 13.8. The van der Waals surface area contributed by atoms with Crippen LogP contribution in [-0.2, 0) is 10.2 Å². The van der Waals surface area contributed by atoms with E-state index in [2.05, 4.69) is 0 Å². The van der Waals surface area contributed by atoms with Crippen LogP contribution in [0.4, 0.5) is 8.78 Å². The van der Waals surface area contributed by atoms with Gasteiger partial charge in [0.25, 0.3) is 0 Å². The summed E-state index contributed by atoms with van der Waals surface area (Å²) in [5, 5.41) is 0. The van der Waals surface area contributed by atoms with Gasteiger partial charge in [-0.1, -0.05) is 0 Å². The molecule has 0 bridgehead atoms. The Labute approximate surface area is 92.4 Å². The van der Waals surface area contributed by atoms with Crippen molar-refractivity contribution in [2.45, 2.75) is 23.8 Å². The molecule has 1 aromatic rings. The lowest BCUT2D eigenvalue weighted by Crippen LogP contribution is -2.61. The Morgan fingerprint density at radius 2 is 1.88 bits per heavy atom. The molecule has 16 heavy (non-hydrogen) atoms. The van der Waals surface area contributed by atoms with Crippen LogP contribution in [-0.4, -0.2) is 18.8 Å². The average Bonchev–Trinajstić information content (AvgIpc) is 2.89. The van der Waals surface area contributed by atoms with E-state index in [1.807, 2.05) is 0 Å². The molecule has 0 unspecified atom stereocenters. The Bertz CT molecular complexity index is 439. The van der Waals surface area contributed by atoms with Gasteiger partial charge in [-0.15, -0.1) is 0 Å². The fourth-order valence-electron chi connectivity index (χ4n) is 2.49. The molecule has 0 radical (unpaired) electrons. The molecule has 1 aliphatic heterocycles. The second kappa shape index (κ2) is 3.02. The van der Waals surface area contributed by atoms with Crippen molar-refractivity contribution in [3.8, 4) is 0 Å². The molecule has 1 aliphatic carbocycles. The number of benzene rings is 1. The minimum atomic E-state index is -0.515. The highest BCUT2D eigenvalue weighted by atomic mass is 19.1. The van der Waals surface area contributed by atoms with Gasteiger partial charge in [-0.3, -0.25) is 0 Å². The van der Waals surface area contributed by atoms with Crippen LogP contribution < -0.4 is 5.73 Å². The summed E-state index contributed by atoms with van der Waals surface area (Å²) in [4.78, 5) is 0. The molecular formula is C12H13F2NO. The Morgan fingerprint density at radius 1 is 1.19 bits per heavy atom. The summed E-state index contributed by atoms with van der Waals surface area (Å²) in [5.74, 6) is -0.812. The van der Waals surface area contributed by atoms with Gasteiger partial charge in [0.15, 0.2) is 0 Å². The van der Waals surface area contributed by atoms with Crippen LogP contribution in [0.15, 0.2) is 18.2 Å². The first-order valence-electron chi connectivity index (χ1n) is 5.40. The van der Waals surface area contributed by atoms with Gasteiger partial charge in [-0.05, 0) is 31.0 Å². The molecule has 0 amide bonds. The maximum atomic E-state index is 13.8. The third-order valence-electron chi connectivity index (χ3n) is 3.88. The van der Waals surface area contributed by atoms with Crippen LogP contribution in [0.1, 0.15) is 18.4 Å². The Kier molecular flexibility index (Phi) is 1.92. The van der Waals surface area contributed by atoms with Crippen molar-refractivity contribution in [2.75, 3.05) is 13.2 Å². The number of hydrogen-bond acceptors (Lipinski definition) is 2. The monoisotopic (exact) mass is 225 g/mol. The van der Waals surface area contributed by atoms with Crippen molar-refractivity contribution >= 4 is 0 Å². The fourth-order valence-corrected chi connectivity index (χ4v) is 2.49. The lowest BCUT2D eigenvalue weighted by molar-refractivity contribution is -0.0803. The largest absolute Gasteiger partial charge is 0.379 e. The molecule has 3 rings (SSSR count). The Hall–Kier alpha value is -1.00. The van der Waals surface area contributed by atoms with E-state index in [4.69, 9.17) is 10.5 Å². The average molecular weight is 225 g/mol. The van der Waals surface area contributed by atoms with Crippen molar-refractivity contribution in [2.24, 2.45) is 5.73 Å². The first-order chi connectivity index (χ1) is 7.57. The summed E-state index contributed by atoms with van der Waals surface area (Å²) in [6.45, 7) is 0.785. The number of nitrogens with two attached hydrogens (primary N) is 1. The molecule has 2 N–H and O–H groups in total. The smallest absolute Gasteiger partial charge is 0.127 e. The number of hydrogen-bond donors (Lipinski definition) is 1. The molecule has 1 saturated carbocycles. The summed E-state index contributed by atoms with van der Waals surface area (Å²) >= 11 is 0. The Balaban J connectivity index is 2.10.